The van der Waals surface area contributed by atoms with Gasteiger partial charge in [-0.25, -0.2) is 9.13 Å². The van der Waals surface area contributed by atoms with E-state index >= 15 is 0 Å². The standard InChI is InChI=1S/C87H148O17P2/c1-5-9-13-17-21-25-29-33-36-38-40-42-45-48-52-56-60-64-68-72-85(90)98-78-83(104-87(92)74-70-66-62-58-54-50-46-43-41-39-37-34-30-26-22-18-14-10-6-2)80-102-106(95,96)100-76-81(88)75-99-105(93,94)101-79-82(77-97-84(89)71-67-63-59-55-51-47-32-28-24-20-16-12-8-4)103-86(91)73-69-65-61-57-53-49-44-35-31-27-23-19-15-11-7-3/h9,13,21-22,25-26,33-37,40-44,48,50,52,54,62,66,81-83,88H,5-8,10-12,14-20,23-24,27-32,38-39,45-47,49,51,53,55-61,63-65,67-80H2,1-4H3,(H,93,94)(H,95,96)/b13-9-,25-21-,26-22-,36-33-,37-34-,42-40-,43-41-,44-35-,52-48-,54-50-,66-62-/t81-,82+,83+/m0/s1. The number of phosphoric ester groups is 2. The number of esters is 4. The summed E-state index contributed by atoms with van der Waals surface area (Å²) in [6.45, 7) is 4.63. The molecule has 0 radical (unpaired) electrons. The van der Waals surface area contributed by atoms with Crippen molar-refractivity contribution in [1.29, 1.82) is 0 Å². The molecule has 0 aliphatic carbocycles. The molecule has 608 valence electrons. The molecule has 106 heavy (non-hydrogen) atoms. The first-order valence-electron chi connectivity index (χ1n) is 41.4. The fraction of sp³-hybridized carbons (Fsp3) is 0.701. The molecule has 0 aliphatic heterocycles. The van der Waals surface area contributed by atoms with Crippen LogP contribution in [0.15, 0.2) is 134 Å². The van der Waals surface area contributed by atoms with Crippen LogP contribution in [0.25, 0.3) is 0 Å². The first-order valence-corrected chi connectivity index (χ1v) is 44.4. The Morgan fingerprint density at radius 3 is 0.849 bits per heavy atom. The highest BCUT2D eigenvalue weighted by Crippen LogP contribution is 2.45. The summed E-state index contributed by atoms with van der Waals surface area (Å²) < 4.78 is 68.6. The van der Waals surface area contributed by atoms with E-state index in [4.69, 9.17) is 37.0 Å². The molecule has 19 heteroatoms. The minimum atomic E-state index is -5.01. The number of aliphatic hydroxyl groups excluding tert-OH is 1. The number of carbonyl (C=O) groups excluding carboxylic acids is 4. The molecule has 0 heterocycles. The Bertz CT molecular complexity index is 2530. The molecule has 0 bridgehead atoms. The van der Waals surface area contributed by atoms with E-state index in [9.17, 15) is 43.2 Å². The number of unbranched alkanes of at least 4 members (excludes halogenated alkanes) is 29. The summed E-state index contributed by atoms with van der Waals surface area (Å²) in [5.74, 6) is -2.31. The Labute approximate surface area is 644 Å². The third kappa shape index (κ3) is 77.4. The van der Waals surface area contributed by atoms with E-state index < -0.39 is 97.5 Å². The fourth-order valence-electron chi connectivity index (χ4n) is 10.8. The predicted molar refractivity (Wildman–Crippen MR) is 436 cm³/mol. The van der Waals surface area contributed by atoms with Gasteiger partial charge in [0.2, 0.25) is 0 Å². The minimum Gasteiger partial charge on any atom is -0.462 e. The quantitative estimate of drug-likeness (QED) is 0.0169. The van der Waals surface area contributed by atoms with E-state index in [0.29, 0.717) is 32.1 Å². The topological polar surface area (TPSA) is 237 Å². The first kappa shape index (κ1) is 101. The fourth-order valence-corrected chi connectivity index (χ4v) is 12.4. The van der Waals surface area contributed by atoms with Gasteiger partial charge in [0.25, 0.3) is 0 Å². The smallest absolute Gasteiger partial charge is 0.462 e. The highest BCUT2D eigenvalue weighted by Gasteiger charge is 2.30. The van der Waals surface area contributed by atoms with Gasteiger partial charge in [0.15, 0.2) is 12.2 Å². The van der Waals surface area contributed by atoms with Crippen molar-refractivity contribution in [2.75, 3.05) is 39.6 Å². The third-order valence-electron chi connectivity index (χ3n) is 17.1. The van der Waals surface area contributed by atoms with Gasteiger partial charge in [-0.1, -0.05) is 309 Å². The molecule has 0 fully saturated rings. The minimum absolute atomic E-state index is 0.0394. The van der Waals surface area contributed by atoms with Gasteiger partial charge >= 0.3 is 39.5 Å². The Morgan fingerprint density at radius 2 is 0.509 bits per heavy atom. The lowest BCUT2D eigenvalue weighted by Crippen LogP contribution is -2.30. The molecular weight excluding hydrogens is 1380 g/mol. The van der Waals surface area contributed by atoms with E-state index in [-0.39, 0.29) is 25.7 Å². The van der Waals surface area contributed by atoms with Crippen molar-refractivity contribution in [1.82, 2.24) is 0 Å². The number of allylic oxidation sites excluding steroid dienone is 22. The zero-order valence-electron chi connectivity index (χ0n) is 66.6. The van der Waals surface area contributed by atoms with Crippen molar-refractivity contribution in [2.24, 2.45) is 0 Å². The van der Waals surface area contributed by atoms with Crippen molar-refractivity contribution < 1.29 is 80.2 Å². The molecule has 0 aromatic carbocycles. The van der Waals surface area contributed by atoms with E-state index in [1.54, 1.807) is 0 Å². The lowest BCUT2D eigenvalue weighted by atomic mass is 10.0. The summed E-state index contributed by atoms with van der Waals surface area (Å²) >= 11 is 0. The zero-order chi connectivity index (χ0) is 77.4. The van der Waals surface area contributed by atoms with Crippen LogP contribution in [0.1, 0.15) is 336 Å². The maximum atomic E-state index is 13.1. The lowest BCUT2D eigenvalue weighted by Gasteiger charge is -2.21. The van der Waals surface area contributed by atoms with Crippen LogP contribution in [0.4, 0.5) is 0 Å². The molecule has 0 spiro atoms. The van der Waals surface area contributed by atoms with Crippen LogP contribution in [0.2, 0.25) is 0 Å². The maximum absolute atomic E-state index is 13.1. The van der Waals surface area contributed by atoms with E-state index in [1.165, 1.54) is 116 Å². The molecule has 0 aliphatic rings. The Balaban J connectivity index is 5.47. The number of hydrogen-bond donors (Lipinski definition) is 3. The van der Waals surface area contributed by atoms with Gasteiger partial charge in [-0.2, -0.15) is 0 Å². The number of rotatable bonds is 77. The van der Waals surface area contributed by atoms with Gasteiger partial charge in [0.05, 0.1) is 26.4 Å². The second-order valence-electron chi connectivity index (χ2n) is 27.3. The summed E-state index contributed by atoms with van der Waals surface area (Å²) in [4.78, 5) is 73.1. The van der Waals surface area contributed by atoms with E-state index in [2.05, 4.69) is 143 Å². The van der Waals surface area contributed by atoms with Crippen LogP contribution in [0.5, 0.6) is 0 Å². The maximum Gasteiger partial charge on any atom is 0.472 e. The van der Waals surface area contributed by atoms with Gasteiger partial charge in [0.1, 0.15) is 19.3 Å². The third-order valence-corrected chi connectivity index (χ3v) is 19.0. The molecule has 0 rings (SSSR count). The number of carbonyl (C=O) groups is 4. The molecule has 0 amide bonds. The Hall–Kier alpha value is -4.80. The SMILES string of the molecule is CC/C=C\C/C=C\C/C=C\C/C=C\C/C=C\CCCCCC(=O)OC[C@H](COP(=O)(O)OC[C@@H](O)COP(=O)(O)OC[C@@H](COC(=O)CCCCCCCCCCCCCCC)OC(=O)CCCCCCC/C=C\CCCCCCCC)OC(=O)CC/C=C\C/C=C\C/C=C\C/C=C\C/C=C\CCCCC. The van der Waals surface area contributed by atoms with Crippen LogP contribution in [-0.2, 0) is 65.4 Å². The molecule has 0 aromatic rings. The molecule has 5 atom stereocenters. The van der Waals surface area contributed by atoms with Gasteiger partial charge in [-0.15, -0.1) is 0 Å². The van der Waals surface area contributed by atoms with E-state index in [0.717, 1.165) is 135 Å². The summed E-state index contributed by atoms with van der Waals surface area (Å²) in [6, 6.07) is 0. The Kier molecular flexibility index (Phi) is 74.8. The first-order chi connectivity index (χ1) is 51.7. The number of aliphatic hydroxyl groups is 1. The lowest BCUT2D eigenvalue weighted by molar-refractivity contribution is -0.161. The summed E-state index contributed by atoms with van der Waals surface area (Å²) in [7, 11) is -10.00. The summed E-state index contributed by atoms with van der Waals surface area (Å²) in [5, 5.41) is 10.7. The Morgan fingerprint density at radius 1 is 0.274 bits per heavy atom. The summed E-state index contributed by atoms with van der Waals surface area (Å²) in [6.07, 6.45) is 88.7. The van der Waals surface area contributed by atoms with Crippen molar-refractivity contribution in [2.45, 2.75) is 354 Å². The van der Waals surface area contributed by atoms with Crippen molar-refractivity contribution in [3.63, 3.8) is 0 Å². The largest absolute Gasteiger partial charge is 0.472 e. The van der Waals surface area contributed by atoms with Crippen LogP contribution in [0.3, 0.4) is 0 Å². The summed E-state index contributed by atoms with van der Waals surface area (Å²) in [5.41, 5.74) is 0. The zero-order valence-corrected chi connectivity index (χ0v) is 68.4. The number of phosphoric acid groups is 2. The van der Waals surface area contributed by atoms with Crippen molar-refractivity contribution >= 4 is 39.5 Å². The molecule has 0 saturated heterocycles. The van der Waals surface area contributed by atoms with Crippen LogP contribution in [-0.4, -0.2) is 96.7 Å². The molecule has 0 saturated carbocycles. The molecule has 17 nitrogen and oxygen atoms in total. The van der Waals surface area contributed by atoms with Gasteiger partial charge in [-0.05, 0) is 135 Å². The van der Waals surface area contributed by atoms with Gasteiger partial charge in [0, 0.05) is 25.7 Å². The molecule has 0 aromatic heterocycles. The van der Waals surface area contributed by atoms with Crippen LogP contribution >= 0.6 is 15.6 Å². The predicted octanol–water partition coefficient (Wildman–Crippen LogP) is 24.4. The number of hydrogen-bond acceptors (Lipinski definition) is 15. The van der Waals surface area contributed by atoms with Gasteiger partial charge < -0.3 is 33.8 Å². The number of ether oxygens (including phenoxy) is 4. The monoisotopic (exact) mass is 1530 g/mol. The van der Waals surface area contributed by atoms with Gasteiger partial charge in [-0.3, -0.25) is 37.3 Å². The molecule has 3 N–H and O–H groups in total. The van der Waals surface area contributed by atoms with E-state index in [1.807, 2.05) is 18.2 Å². The average Bonchev–Trinajstić information content (AvgIpc) is 0.903. The highest BCUT2D eigenvalue weighted by molar-refractivity contribution is 7.47. The van der Waals surface area contributed by atoms with Crippen molar-refractivity contribution in [3.8, 4) is 0 Å². The molecular formula is C87H148O17P2. The average molecular weight is 1530 g/mol. The van der Waals surface area contributed by atoms with Crippen molar-refractivity contribution in [3.05, 3.63) is 134 Å². The van der Waals surface area contributed by atoms with Crippen LogP contribution < -0.4 is 0 Å². The van der Waals surface area contributed by atoms with Crippen LogP contribution in [0, 0.1) is 0 Å². The molecule has 2 unspecified atom stereocenters. The second-order valence-corrected chi connectivity index (χ2v) is 30.2. The highest BCUT2D eigenvalue weighted by atomic mass is 31.2. The second kappa shape index (κ2) is 78.3. The normalized spacial score (nSPS) is 14.5.